The van der Waals surface area contributed by atoms with Crippen LogP contribution in [-0.2, 0) is 0 Å². The minimum atomic E-state index is 0.545. The quantitative estimate of drug-likeness (QED) is 0.568. The maximum Gasteiger partial charge on any atom is 0.0294 e. The van der Waals surface area contributed by atoms with Gasteiger partial charge in [0.15, 0.2) is 0 Å². The maximum absolute atomic E-state index is 3.44. The van der Waals surface area contributed by atoms with Gasteiger partial charge in [0, 0.05) is 3.42 Å². The fourth-order valence-corrected chi connectivity index (χ4v) is 2.36. The predicted molar refractivity (Wildman–Crippen MR) is 58.2 cm³/mol. The number of rotatable bonds is 1. The number of nitrogens with one attached hydrogen (secondary N) is 1. The van der Waals surface area contributed by atoms with Crippen molar-refractivity contribution in [3.05, 3.63) is 0 Å². The minimum Gasteiger partial charge on any atom is -0.316 e. The van der Waals surface area contributed by atoms with Crippen molar-refractivity contribution in [1.29, 1.82) is 0 Å². The fourth-order valence-electron chi connectivity index (χ4n) is 1.87. The van der Waals surface area contributed by atoms with Crippen LogP contribution in [0.1, 0.15) is 27.2 Å². The van der Waals surface area contributed by atoms with Gasteiger partial charge in [-0.25, -0.2) is 0 Å². The summed E-state index contributed by atoms with van der Waals surface area (Å²) in [7, 11) is 0. The van der Waals surface area contributed by atoms with Crippen molar-refractivity contribution in [3.8, 4) is 0 Å². The lowest BCUT2D eigenvalue weighted by Crippen LogP contribution is -2.47. The van der Waals surface area contributed by atoms with Crippen molar-refractivity contribution in [1.82, 2.24) is 5.32 Å². The Labute approximate surface area is 83.5 Å². The molecule has 0 aromatic rings. The van der Waals surface area contributed by atoms with Crippen molar-refractivity contribution in [2.45, 2.75) is 30.6 Å². The highest BCUT2D eigenvalue weighted by atomic mass is 127. The summed E-state index contributed by atoms with van der Waals surface area (Å²) in [5, 5.41) is 3.44. The lowest BCUT2D eigenvalue weighted by Gasteiger charge is -2.41. The summed E-state index contributed by atoms with van der Waals surface area (Å²) in [5.41, 5.74) is 0. The van der Waals surface area contributed by atoms with E-state index >= 15 is 0 Å². The van der Waals surface area contributed by atoms with Crippen LogP contribution in [0.3, 0.4) is 0 Å². The molecule has 0 aromatic carbocycles. The van der Waals surface area contributed by atoms with Gasteiger partial charge in [0.1, 0.15) is 0 Å². The van der Waals surface area contributed by atoms with Crippen molar-refractivity contribution in [2.75, 3.05) is 13.1 Å². The molecule has 0 aliphatic carbocycles. The third-order valence-electron chi connectivity index (χ3n) is 2.91. The van der Waals surface area contributed by atoms with Crippen molar-refractivity contribution >= 4 is 22.6 Å². The van der Waals surface area contributed by atoms with Gasteiger partial charge in [-0.1, -0.05) is 43.4 Å². The molecule has 2 atom stereocenters. The molecular weight excluding hydrogens is 249 g/mol. The lowest BCUT2D eigenvalue weighted by molar-refractivity contribution is 0.266. The standard InChI is InChI=1S/C9H18IN/c1-7(2)9(10)4-5-11-6-8(9)3/h7-8,11H,4-6H2,1-3H3/t8-,9-/m1/s1. The molecule has 1 saturated heterocycles. The van der Waals surface area contributed by atoms with Crippen LogP contribution >= 0.6 is 22.6 Å². The van der Waals surface area contributed by atoms with E-state index < -0.39 is 0 Å². The molecule has 2 heteroatoms. The van der Waals surface area contributed by atoms with E-state index in [0.717, 1.165) is 11.8 Å². The van der Waals surface area contributed by atoms with Crippen LogP contribution in [0.4, 0.5) is 0 Å². The second-order valence-electron chi connectivity index (χ2n) is 3.94. The van der Waals surface area contributed by atoms with E-state index in [1.165, 1.54) is 19.5 Å². The molecule has 66 valence electrons. The molecule has 0 bridgehead atoms. The van der Waals surface area contributed by atoms with Crippen molar-refractivity contribution < 1.29 is 0 Å². The number of hydrogen-bond donors (Lipinski definition) is 1. The topological polar surface area (TPSA) is 12.0 Å². The molecular formula is C9H18IN. The van der Waals surface area contributed by atoms with Gasteiger partial charge in [-0.05, 0) is 31.3 Å². The Kier molecular flexibility index (Phi) is 3.20. The second kappa shape index (κ2) is 3.60. The van der Waals surface area contributed by atoms with Gasteiger partial charge >= 0.3 is 0 Å². The first-order valence-electron chi connectivity index (χ1n) is 4.47. The van der Waals surface area contributed by atoms with E-state index in [1.807, 2.05) is 0 Å². The Balaban J connectivity index is 2.64. The van der Waals surface area contributed by atoms with Gasteiger partial charge in [-0.2, -0.15) is 0 Å². The summed E-state index contributed by atoms with van der Waals surface area (Å²) in [6, 6.07) is 0. The van der Waals surface area contributed by atoms with E-state index in [0.29, 0.717) is 3.42 Å². The zero-order valence-corrected chi connectivity index (χ0v) is 9.81. The fraction of sp³-hybridized carbons (Fsp3) is 1.00. The summed E-state index contributed by atoms with van der Waals surface area (Å²) in [5.74, 6) is 1.62. The molecule has 1 heterocycles. The molecule has 0 radical (unpaired) electrons. The van der Waals surface area contributed by atoms with E-state index in [1.54, 1.807) is 0 Å². The molecule has 0 spiro atoms. The summed E-state index contributed by atoms with van der Waals surface area (Å²) >= 11 is 2.67. The van der Waals surface area contributed by atoms with E-state index in [2.05, 4.69) is 48.7 Å². The average Bonchev–Trinajstić information content (AvgIpc) is 1.95. The molecule has 1 aliphatic rings. The highest BCUT2D eigenvalue weighted by molar-refractivity contribution is 14.1. The third kappa shape index (κ3) is 1.89. The monoisotopic (exact) mass is 267 g/mol. The van der Waals surface area contributed by atoms with Crippen molar-refractivity contribution in [3.63, 3.8) is 0 Å². The molecule has 0 unspecified atom stereocenters. The second-order valence-corrected chi connectivity index (χ2v) is 5.95. The minimum absolute atomic E-state index is 0.545. The largest absolute Gasteiger partial charge is 0.316 e. The first-order chi connectivity index (χ1) is 5.07. The Morgan fingerprint density at radius 2 is 2.18 bits per heavy atom. The van der Waals surface area contributed by atoms with Crippen LogP contribution in [0.15, 0.2) is 0 Å². The lowest BCUT2D eigenvalue weighted by atomic mass is 9.80. The third-order valence-corrected chi connectivity index (χ3v) is 5.76. The van der Waals surface area contributed by atoms with Crippen molar-refractivity contribution in [2.24, 2.45) is 11.8 Å². The van der Waals surface area contributed by atoms with Gasteiger partial charge < -0.3 is 5.32 Å². The van der Waals surface area contributed by atoms with Crippen LogP contribution in [0.25, 0.3) is 0 Å². The number of hydrogen-bond acceptors (Lipinski definition) is 1. The van der Waals surface area contributed by atoms with Gasteiger partial charge in [0.2, 0.25) is 0 Å². The van der Waals surface area contributed by atoms with E-state index in [9.17, 15) is 0 Å². The van der Waals surface area contributed by atoms with Crippen LogP contribution in [-0.4, -0.2) is 16.5 Å². The molecule has 1 nitrogen and oxygen atoms in total. The van der Waals surface area contributed by atoms with Crippen LogP contribution in [0, 0.1) is 11.8 Å². The molecule has 1 rings (SSSR count). The van der Waals surface area contributed by atoms with E-state index in [-0.39, 0.29) is 0 Å². The van der Waals surface area contributed by atoms with Gasteiger partial charge in [-0.15, -0.1) is 0 Å². The van der Waals surface area contributed by atoms with Gasteiger partial charge in [0.05, 0.1) is 0 Å². The maximum atomic E-state index is 3.44. The zero-order chi connectivity index (χ0) is 8.48. The average molecular weight is 267 g/mol. The SMILES string of the molecule is CC(C)[C@]1(I)CCNC[C@H]1C. The number of alkyl halides is 1. The molecule has 11 heavy (non-hydrogen) atoms. The summed E-state index contributed by atoms with van der Waals surface area (Å²) in [6.45, 7) is 9.44. The highest BCUT2D eigenvalue weighted by Gasteiger charge is 2.37. The first kappa shape index (κ1) is 9.78. The highest BCUT2D eigenvalue weighted by Crippen LogP contribution is 2.40. The van der Waals surface area contributed by atoms with Crippen LogP contribution in [0.2, 0.25) is 0 Å². The molecule has 0 aromatic heterocycles. The zero-order valence-electron chi connectivity index (χ0n) is 7.65. The smallest absolute Gasteiger partial charge is 0.0294 e. The Hall–Kier alpha value is 0.690. The van der Waals surface area contributed by atoms with Crippen LogP contribution in [0.5, 0.6) is 0 Å². The summed E-state index contributed by atoms with van der Waals surface area (Å²) in [4.78, 5) is 0. The van der Waals surface area contributed by atoms with E-state index in [4.69, 9.17) is 0 Å². The molecule has 1 N–H and O–H groups in total. The van der Waals surface area contributed by atoms with Gasteiger partial charge in [0.25, 0.3) is 0 Å². The molecule has 1 fully saturated rings. The van der Waals surface area contributed by atoms with Crippen LogP contribution < -0.4 is 5.32 Å². The normalized spacial score (nSPS) is 39.5. The number of halogens is 1. The van der Waals surface area contributed by atoms with Gasteiger partial charge in [-0.3, -0.25) is 0 Å². The molecule has 0 saturated carbocycles. The Bertz CT molecular complexity index is 136. The predicted octanol–water partition coefficient (Wildman–Crippen LogP) is 2.45. The summed E-state index contributed by atoms with van der Waals surface area (Å²) < 4.78 is 0.545. The molecule has 0 amide bonds. The summed E-state index contributed by atoms with van der Waals surface area (Å²) in [6.07, 6.45) is 1.33. The first-order valence-corrected chi connectivity index (χ1v) is 5.55. The Morgan fingerprint density at radius 3 is 2.55 bits per heavy atom. The molecule has 1 aliphatic heterocycles. The Morgan fingerprint density at radius 1 is 1.55 bits per heavy atom. The number of piperidine rings is 1.